The van der Waals surface area contributed by atoms with E-state index in [0.29, 0.717) is 34.4 Å². The van der Waals surface area contributed by atoms with E-state index in [9.17, 15) is 14.0 Å². The molecule has 5 nitrogen and oxygen atoms in total. The Balaban J connectivity index is 1.53. The van der Waals surface area contributed by atoms with Gasteiger partial charge >= 0.3 is 6.03 Å². The molecule has 0 heterocycles. The van der Waals surface area contributed by atoms with Crippen molar-refractivity contribution in [2.24, 2.45) is 0 Å². The molecule has 3 rings (SSSR count). The minimum absolute atomic E-state index is 0.239. The number of carbonyl (C=O) groups is 2. The summed E-state index contributed by atoms with van der Waals surface area (Å²) in [5, 5.41) is 5.57. The summed E-state index contributed by atoms with van der Waals surface area (Å²) in [5.41, 5.74) is 2.60. The van der Waals surface area contributed by atoms with Crippen LogP contribution in [0.2, 0.25) is 0 Å². The van der Waals surface area contributed by atoms with Gasteiger partial charge in [0.2, 0.25) is 0 Å². The monoisotopic (exact) mass is 487 g/mol. The number of nitrogens with zero attached hydrogens (tertiary/aromatic N) is 1. The minimum atomic E-state index is -0.384. The van der Waals surface area contributed by atoms with Crippen molar-refractivity contribution >= 4 is 52.1 Å². The van der Waals surface area contributed by atoms with Crippen LogP contribution >= 0.6 is 28.7 Å². The third-order valence-corrected chi connectivity index (χ3v) is 5.39. The highest BCUT2D eigenvalue weighted by Crippen LogP contribution is 2.22. The van der Waals surface area contributed by atoms with Crippen LogP contribution in [0.1, 0.15) is 15.9 Å². The second-order valence-electron chi connectivity index (χ2n) is 6.40. The number of amides is 3. The molecule has 3 aromatic rings. The Labute approximate surface area is 188 Å². The smallest absolute Gasteiger partial charge is 0.331 e. The van der Waals surface area contributed by atoms with E-state index in [4.69, 9.17) is 0 Å². The van der Waals surface area contributed by atoms with Gasteiger partial charge in [0, 0.05) is 16.7 Å². The van der Waals surface area contributed by atoms with Crippen LogP contribution in [0.25, 0.3) is 0 Å². The highest BCUT2D eigenvalue weighted by atomic mass is 79.9. The number of hydrogen-bond donors (Lipinski definition) is 3. The Morgan fingerprint density at radius 2 is 1.63 bits per heavy atom. The minimum Gasteiger partial charge on any atom is -0.337 e. The van der Waals surface area contributed by atoms with E-state index in [1.165, 1.54) is 16.4 Å². The number of rotatable bonds is 6. The van der Waals surface area contributed by atoms with Gasteiger partial charge in [-0.2, -0.15) is 0 Å². The molecule has 2 N–H and O–H groups in total. The largest absolute Gasteiger partial charge is 0.337 e. The molecule has 0 unspecified atom stereocenters. The fourth-order valence-corrected chi connectivity index (χ4v) is 3.36. The number of urea groups is 1. The van der Waals surface area contributed by atoms with Crippen molar-refractivity contribution < 1.29 is 14.0 Å². The zero-order chi connectivity index (χ0) is 21.5. The third-order valence-electron chi connectivity index (χ3n) is 4.28. The van der Waals surface area contributed by atoms with Crippen molar-refractivity contribution in [1.82, 2.24) is 5.32 Å². The molecule has 0 bridgehead atoms. The maximum absolute atomic E-state index is 12.9. The van der Waals surface area contributed by atoms with Gasteiger partial charge in [0.25, 0.3) is 5.91 Å². The number of anilines is 2. The third kappa shape index (κ3) is 5.84. The van der Waals surface area contributed by atoms with Gasteiger partial charge in [-0.15, -0.1) is 0 Å². The molecule has 0 aromatic heterocycles. The molecule has 0 radical (unpaired) electrons. The molecular formula is C22H19BrFN3O2S. The Kier molecular flexibility index (Phi) is 7.48. The molecule has 0 aliphatic heterocycles. The highest BCUT2D eigenvalue weighted by molar-refractivity contribution is 9.10. The first-order valence-electron chi connectivity index (χ1n) is 9.11. The summed E-state index contributed by atoms with van der Waals surface area (Å²) in [5.74, 6) is -0.531. The van der Waals surface area contributed by atoms with Crippen LogP contribution in [-0.4, -0.2) is 18.5 Å². The number of nitrogens with one attached hydrogen (secondary N) is 2. The molecule has 0 aliphatic rings. The second-order valence-corrected chi connectivity index (χ2v) is 7.66. The number of halogens is 2. The first-order chi connectivity index (χ1) is 14.4. The molecule has 30 heavy (non-hydrogen) atoms. The van der Waals surface area contributed by atoms with Crippen molar-refractivity contribution in [2.75, 3.05) is 16.2 Å². The number of benzene rings is 3. The van der Waals surface area contributed by atoms with Crippen molar-refractivity contribution in [2.45, 2.75) is 6.42 Å². The molecule has 0 atom stereocenters. The fraction of sp³-hybridized carbons (Fsp3) is 0.0909. The van der Waals surface area contributed by atoms with E-state index in [-0.39, 0.29) is 17.8 Å². The average Bonchev–Trinajstić information content (AvgIpc) is 2.75. The lowest BCUT2D eigenvalue weighted by Gasteiger charge is -2.17. The van der Waals surface area contributed by atoms with E-state index < -0.39 is 0 Å². The maximum Gasteiger partial charge on any atom is 0.331 e. The number of hydrogen-bond acceptors (Lipinski definition) is 3. The average molecular weight is 488 g/mol. The lowest BCUT2D eigenvalue weighted by atomic mass is 10.1. The van der Waals surface area contributed by atoms with E-state index in [2.05, 4.69) is 39.4 Å². The molecule has 0 spiro atoms. The summed E-state index contributed by atoms with van der Waals surface area (Å²) in [6.07, 6.45) is 0.577. The summed E-state index contributed by atoms with van der Waals surface area (Å²) in [7, 11) is 0. The molecular weight excluding hydrogens is 469 g/mol. The summed E-state index contributed by atoms with van der Waals surface area (Å²) < 4.78 is 14.8. The van der Waals surface area contributed by atoms with Crippen LogP contribution in [0.4, 0.5) is 20.6 Å². The van der Waals surface area contributed by atoms with Gasteiger partial charge < -0.3 is 10.6 Å². The highest BCUT2D eigenvalue weighted by Gasteiger charge is 2.13. The van der Waals surface area contributed by atoms with Gasteiger partial charge in [0.15, 0.2) is 0 Å². The normalized spacial score (nSPS) is 10.4. The number of thiol groups is 1. The summed E-state index contributed by atoms with van der Waals surface area (Å²) >= 11 is 7.60. The van der Waals surface area contributed by atoms with Crippen molar-refractivity contribution in [3.8, 4) is 0 Å². The molecule has 0 fully saturated rings. The van der Waals surface area contributed by atoms with Crippen LogP contribution < -0.4 is 14.9 Å². The summed E-state index contributed by atoms with van der Waals surface area (Å²) in [4.78, 5) is 24.6. The van der Waals surface area contributed by atoms with E-state index in [1.54, 1.807) is 54.6 Å². The SMILES string of the molecule is O=C(Nc1ccc(N(S)C(=O)NCCc2ccc(F)cc2)cc1)c1ccccc1Br. The lowest BCUT2D eigenvalue weighted by molar-refractivity contribution is 0.102. The van der Waals surface area contributed by atoms with Gasteiger partial charge in [0.05, 0.1) is 11.3 Å². The molecule has 3 aromatic carbocycles. The topological polar surface area (TPSA) is 61.4 Å². The molecule has 154 valence electrons. The Morgan fingerprint density at radius 3 is 2.30 bits per heavy atom. The van der Waals surface area contributed by atoms with Crippen LogP contribution in [-0.2, 0) is 6.42 Å². The van der Waals surface area contributed by atoms with Gasteiger partial charge in [-0.3, -0.25) is 4.79 Å². The van der Waals surface area contributed by atoms with Gasteiger partial charge in [-0.05, 0) is 76.4 Å². The van der Waals surface area contributed by atoms with E-state index >= 15 is 0 Å². The molecule has 0 saturated carbocycles. The maximum atomic E-state index is 12.9. The molecule has 8 heteroatoms. The standard InChI is InChI=1S/C22H19BrFN3O2S/c23-20-4-2-1-3-19(20)21(28)26-17-9-11-18(12-10-17)27(30)22(29)25-14-13-15-5-7-16(24)8-6-15/h1-12,30H,13-14H2,(H,25,29)(H,26,28). The Bertz CT molecular complexity index is 1030. The predicted octanol–water partition coefficient (Wildman–Crippen LogP) is 5.44. The second kappa shape index (κ2) is 10.3. The van der Waals surface area contributed by atoms with Crippen molar-refractivity contribution in [3.05, 3.63) is 94.2 Å². The van der Waals surface area contributed by atoms with E-state index in [0.717, 1.165) is 5.56 Å². The Hall–Kier alpha value is -2.84. The van der Waals surface area contributed by atoms with Gasteiger partial charge in [-0.25, -0.2) is 13.5 Å². The first-order valence-corrected chi connectivity index (χ1v) is 10.3. The van der Waals surface area contributed by atoms with Gasteiger partial charge in [-0.1, -0.05) is 37.1 Å². The quantitative estimate of drug-likeness (QED) is 0.405. The molecule has 0 saturated heterocycles. The zero-order valence-electron chi connectivity index (χ0n) is 15.8. The fourth-order valence-electron chi connectivity index (χ4n) is 2.69. The molecule has 0 aliphatic carbocycles. The van der Waals surface area contributed by atoms with Crippen LogP contribution in [0.15, 0.2) is 77.3 Å². The van der Waals surface area contributed by atoms with Crippen LogP contribution in [0.5, 0.6) is 0 Å². The van der Waals surface area contributed by atoms with Crippen LogP contribution in [0.3, 0.4) is 0 Å². The van der Waals surface area contributed by atoms with Crippen molar-refractivity contribution in [3.63, 3.8) is 0 Å². The van der Waals surface area contributed by atoms with Crippen molar-refractivity contribution in [1.29, 1.82) is 0 Å². The molecule has 3 amide bonds. The predicted molar refractivity (Wildman–Crippen MR) is 124 cm³/mol. The zero-order valence-corrected chi connectivity index (χ0v) is 18.3. The van der Waals surface area contributed by atoms with Crippen LogP contribution in [0, 0.1) is 5.82 Å². The first kappa shape index (κ1) is 21.9. The van der Waals surface area contributed by atoms with Gasteiger partial charge in [0.1, 0.15) is 5.82 Å². The van der Waals surface area contributed by atoms with E-state index in [1.807, 2.05) is 6.07 Å². The summed E-state index contributed by atoms with van der Waals surface area (Å²) in [6.45, 7) is 0.390. The lowest BCUT2D eigenvalue weighted by Crippen LogP contribution is -2.35. The number of carbonyl (C=O) groups excluding carboxylic acids is 2. The summed E-state index contributed by atoms with van der Waals surface area (Å²) in [6, 6.07) is 19.6. The Morgan fingerprint density at radius 1 is 0.967 bits per heavy atom.